The van der Waals surface area contributed by atoms with Crippen LogP contribution >= 0.6 is 0 Å². The van der Waals surface area contributed by atoms with Gasteiger partial charge in [0.15, 0.2) is 0 Å². The molecule has 0 aromatic heterocycles. The molecular weight excluding hydrogens is 166 g/mol. The molecule has 13 heavy (non-hydrogen) atoms. The van der Waals surface area contributed by atoms with Gasteiger partial charge in [0.05, 0.1) is 0 Å². The first-order valence-corrected chi connectivity index (χ1v) is 4.45. The van der Waals surface area contributed by atoms with E-state index in [0.29, 0.717) is 0 Å². The van der Waals surface area contributed by atoms with Gasteiger partial charge >= 0.3 is 0 Å². The van der Waals surface area contributed by atoms with Gasteiger partial charge < -0.3 is 10.7 Å². The summed E-state index contributed by atoms with van der Waals surface area (Å²) in [6.07, 6.45) is 7.62. The average Bonchev–Trinajstić information content (AvgIpc) is 2.91. The summed E-state index contributed by atoms with van der Waals surface area (Å²) in [5.74, 6) is 1.19. The van der Waals surface area contributed by atoms with E-state index in [4.69, 9.17) is 0 Å². The molecule has 1 heterocycles. The Morgan fingerprint density at radius 1 is 1.69 bits per heavy atom. The topological polar surface area (TPSA) is 44.4 Å². The van der Waals surface area contributed by atoms with Crippen molar-refractivity contribution in [2.45, 2.75) is 12.8 Å². The minimum atomic E-state index is 0.134. The van der Waals surface area contributed by atoms with Gasteiger partial charge in [-0.3, -0.25) is 9.80 Å². The molecule has 2 aliphatic rings. The SMILES string of the molecule is CN1NC=CC=C1NC(=O)C1CC1. The predicted octanol–water partition coefficient (Wildman–Crippen LogP) is 0.318. The number of hydrogen-bond donors (Lipinski definition) is 2. The number of carbonyl (C=O) groups excluding carboxylic acids is 1. The normalized spacial score (nSPS) is 20.7. The fourth-order valence-corrected chi connectivity index (χ4v) is 1.17. The van der Waals surface area contributed by atoms with E-state index in [1.807, 2.05) is 25.4 Å². The zero-order valence-corrected chi connectivity index (χ0v) is 7.58. The Morgan fingerprint density at radius 3 is 3.08 bits per heavy atom. The first kappa shape index (κ1) is 8.16. The zero-order chi connectivity index (χ0) is 9.26. The van der Waals surface area contributed by atoms with Crippen molar-refractivity contribution < 1.29 is 4.79 Å². The largest absolute Gasteiger partial charge is 0.311 e. The van der Waals surface area contributed by atoms with Crippen LogP contribution in [0, 0.1) is 5.92 Å². The van der Waals surface area contributed by atoms with Crippen LogP contribution in [0.1, 0.15) is 12.8 Å². The van der Waals surface area contributed by atoms with Gasteiger partial charge in [0.2, 0.25) is 5.91 Å². The van der Waals surface area contributed by atoms with Crippen molar-refractivity contribution in [1.82, 2.24) is 15.8 Å². The van der Waals surface area contributed by atoms with Gasteiger partial charge in [-0.25, -0.2) is 0 Å². The minimum Gasteiger partial charge on any atom is -0.311 e. The summed E-state index contributed by atoms with van der Waals surface area (Å²) in [5.41, 5.74) is 2.97. The second-order valence-electron chi connectivity index (χ2n) is 3.36. The monoisotopic (exact) mass is 179 g/mol. The molecule has 0 bridgehead atoms. The molecule has 4 nitrogen and oxygen atoms in total. The summed E-state index contributed by atoms with van der Waals surface area (Å²) in [7, 11) is 1.86. The van der Waals surface area contributed by atoms with E-state index in [-0.39, 0.29) is 11.8 Å². The van der Waals surface area contributed by atoms with E-state index in [2.05, 4.69) is 10.7 Å². The lowest BCUT2D eigenvalue weighted by Gasteiger charge is -2.24. The van der Waals surface area contributed by atoms with Gasteiger partial charge in [-0.05, 0) is 25.0 Å². The minimum absolute atomic E-state index is 0.134. The molecule has 4 heteroatoms. The Kier molecular flexibility index (Phi) is 1.96. The van der Waals surface area contributed by atoms with Crippen LogP contribution in [-0.2, 0) is 4.79 Å². The number of rotatable bonds is 2. The summed E-state index contributed by atoms with van der Waals surface area (Å²) in [6.45, 7) is 0. The molecule has 0 atom stereocenters. The number of amides is 1. The molecule has 2 N–H and O–H groups in total. The van der Waals surface area contributed by atoms with Crippen molar-refractivity contribution in [1.29, 1.82) is 0 Å². The molecule has 1 saturated carbocycles. The lowest BCUT2D eigenvalue weighted by molar-refractivity contribution is -0.122. The van der Waals surface area contributed by atoms with Gasteiger partial charge in [0, 0.05) is 19.2 Å². The van der Waals surface area contributed by atoms with Crippen LogP contribution in [0.5, 0.6) is 0 Å². The third-order valence-electron chi connectivity index (χ3n) is 2.18. The molecule has 0 aromatic rings. The molecule has 1 amide bonds. The van der Waals surface area contributed by atoms with Crippen LogP contribution in [0.4, 0.5) is 0 Å². The maximum atomic E-state index is 11.4. The van der Waals surface area contributed by atoms with Crippen LogP contribution in [0.25, 0.3) is 0 Å². The lowest BCUT2D eigenvalue weighted by Crippen LogP contribution is -2.40. The Bertz CT molecular complexity index is 279. The van der Waals surface area contributed by atoms with E-state index >= 15 is 0 Å². The van der Waals surface area contributed by atoms with E-state index < -0.39 is 0 Å². The molecule has 0 saturated heterocycles. The molecule has 2 rings (SSSR count). The van der Waals surface area contributed by atoms with Gasteiger partial charge in [-0.1, -0.05) is 0 Å². The summed E-state index contributed by atoms with van der Waals surface area (Å²) in [4.78, 5) is 11.4. The van der Waals surface area contributed by atoms with Crippen LogP contribution in [0.15, 0.2) is 24.2 Å². The number of allylic oxidation sites excluding steroid dienone is 2. The van der Waals surface area contributed by atoms with Crippen molar-refractivity contribution in [2.75, 3.05) is 7.05 Å². The highest BCUT2D eigenvalue weighted by molar-refractivity contribution is 5.82. The molecule has 0 aromatic carbocycles. The van der Waals surface area contributed by atoms with E-state index in [0.717, 1.165) is 18.7 Å². The molecule has 70 valence electrons. The van der Waals surface area contributed by atoms with Crippen molar-refractivity contribution >= 4 is 5.91 Å². The Morgan fingerprint density at radius 2 is 2.46 bits per heavy atom. The second kappa shape index (κ2) is 3.12. The van der Waals surface area contributed by atoms with Gasteiger partial charge in [-0.2, -0.15) is 0 Å². The van der Waals surface area contributed by atoms with Gasteiger partial charge in [-0.15, -0.1) is 0 Å². The maximum absolute atomic E-state index is 11.4. The average molecular weight is 179 g/mol. The molecule has 1 aliphatic carbocycles. The Labute approximate surface area is 77.3 Å². The number of nitrogens with zero attached hydrogens (tertiary/aromatic N) is 1. The van der Waals surface area contributed by atoms with Gasteiger partial charge in [0.25, 0.3) is 0 Å². The van der Waals surface area contributed by atoms with E-state index in [1.54, 1.807) is 5.01 Å². The first-order valence-electron chi connectivity index (χ1n) is 4.45. The summed E-state index contributed by atoms with van der Waals surface area (Å²) in [5, 5.41) is 4.64. The Hall–Kier alpha value is -1.45. The smallest absolute Gasteiger partial charge is 0.228 e. The van der Waals surface area contributed by atoms with Crippen LogP contribution < -0.4 is 10.7 Å². The highest BCUT2D eigenvalue weighted by Crippen LogP contribution is 2.29. The summed E-state index contributed by atoms with van der Waals surface area (Å²) < 4.78 is 0. The predicted molar refractivity (Wildman–Crippen MR) is 49.0 cm³/mol. The molecular formula is C9H13N3O. The lowest BCUT2D eigenvalue weighted by atomic mass is 10.4. The van der Waals surface area contributed by atoms with Crippen LogP contribution in [-0.4, -0.2) is 18.0 Å². The maximum Gasteiger partial charge on any atom is 0.228 e. The van der Waals surface area contributed by atoms with Crippen molar-refractivity contribution in [3.63, 3.8) is 0 Å². The number of nitrogens with one attached hydrogen (secondary N) is 2. The molecule has 1 aliphatic heterocycles. The highest BCUT2D eigenvalue weighted by atomic mass is 16.2. The molecule has 0 unspecified atom stereocenters. The fourth-order valence-electron chi connectivity index (χ4n) is 1.17. The molecule has 0 radical (unpaired) electrons. The zero-order valence-electron chi connectivity index (χ0n) is 7.58. The van der Waals surface area contributed by atoms with E-state index in [9.17, 15) is 4.79 Å². The quantitative estimate of drug-likeness (QED) is 0.641. The summed E-state index contributed by atoms with van der Waals surface area (Å²) in [6, 6.07) is 0. The molecule has 0 spiro atoms. The fraction of sp³-hybridized carbons (Fsp3) is 0.444. The second-order valence-corrected chi connectivity index (χ2v) is 3.36. The van der Waals surface area contributed by atoms with Gasteiger partial charge in [0.1, 0.15) is 5.82 Å². The number of carbonyl (C=O) groups is 1. The highest BCUT2D eigenvalue weighted by Gasteiger charge is 2.30. The van der Waals surface area contributed by atoms with Crippen molar-refractivity contribution in [2.24, 2.45) is 5.92 Å². The Balaban J connectivity index is 1.95. The number of hydrazine groups is 1. The standard InChI is InChI=1S/C9H13N3O/c1-12-8(3-2-6-10-12)11-9(13)7-4-5-7/h2-3,6-7,10H,4-5H2,1H3,(H,11,13). The number of hydrogen-bond acceptors (Lipinski definition) is 3. The molecule has 1 fully saturated rings. The van der Waals surface area contributed by atoms with Crippen LogP contribution in [0.2, 0.25) is 0 Å². The van der Waals surface area contributed by atoms with Crippen LogP contribution in [0.3, 0.4) is 0 Å². The summed E-state index contributed by atoms with van der Waals surface area (Å²) >= 11 is 0. The van der Waals surface area contributed by atoms with E-state index in [1.165, 1.54) is 0 Å². The third-order valence-corrected chi connectivity index (χ3v) is 2.18. The van der Waals surface area contributed by atoms with Crippen molar-refractivity contribution in [3.05, 3.63) is 24.2 Å². The van der Waals surface area contributed by atoms with Crippen molar-refractivity contribution in [3.8, 4) is 0 Å². The first-order chi connectivity index (χ1) is 6.27. The third kappa shape index (κ3) is 1.83.